The lowest BCUT2D eigenvalue weighted by atomic mass is 10.0. The van der Waals surface area contributed by atoms with Crippen molar-refractivity contribution in [2.75, 3.05) is 5.32 Å². The van der Waals surface area contributed by atoms with Gasteiger partial charge >= 0.3 is 5.56 Å². The van der Waals surface area contributed by atoms with Crippen LogP contribution in [0.25, 0.3) is 11.3 Å². The second-order valence-corrected chi connectivity index (χ2v) is 7.77. The van der Waals surface area contributed by atoms with E-state index in [1.165, 1.54) is 22.8 Å². The van der Waals surface area contributed by atoms with Gasteiger partial charge < -0.3 is 5.32 Å². The molecule has 0 saturated carbocycles. The molecule has 0 spiro atoms. The second kappa shape index (κ2) is 8.69. The summed E-state index contributed by atoms with van der Waals surface area (Å²) in [5.74, 6) is -0.0489. The largest absolute Gasteiger partial charge is 0.326 e. The Morgan fingerprint density at radius 3 is 2.74 bits per heavy atom. The predicted molar refractivity (Wildman–Crippen MR) is 116 cm³/mol. The minimum Gasteiger partial charge on any atom is -0.326 e. The summed E-state index contributed by atoms with van der Waals surface area (Å²) in [6.45, 7) is 1.92. The molecule has 1 atom stereocenters. The van der Waals surface area contributed by atoms with E-state index in [9.17, 15) is 14.0 Å². The molecule has 0 unspecified atom stereocenters. The van der Waals surface area contributed by atoms with Gasteiger partial charge in [0.15, 0.2) is 0 Å². The third-order valence-electron chi connectivity index (χ3n) is 4.80. The van der Waals surface area contributed by atoms with E-state index in [1.54, 1.807) is 47.1 Å². The van der Waals surface area contributed by atoms with Gasteiger partial charge in [-0.15, -0.1) is 10.2 Å². The van der Waals surface area contributed by atoms with Gasteiger partial charge in [-0.1, -0.05) is 30.7 Å². The highest BCUT2D eigenvalue weighted by Gasteiger charge is 2.16. The second-order valence-electron chi connectivity index (χ2n) is 7.33. The Morgan fingerprint density at radius 2 is 1.97 bits per heavy atom. The SMILES string of the molecule is C[C@H](CC(=O)Nc1cccc(Cl)c1)Cc1nnc2c(=O)n(-c3cccc(F)c3)ccn12. The van der Waals surface area contributed by atoms with Crippen molar-refractivity contribution in [1.82, 2.24) is 19.2 Å². The molecule has 158 valence electrons. The molecule has 2 aromatic heterocycles. The summed E-state index contributed by atoms with van der Waals surface area (Å²) in [5, 5.41) is 11.5. The van der Waals surface area contributed by atoms with E-state index in [2.05, 4.69) is 15.5 Å². The highest BCUT2D eigenvalue weighted by Crippen LogP contribution is 2.17. The van der Waals surface area contributed by atoms with E-state index in [0.717, 1.165) is 0 Å². The number of nitrogens with zero attached hydrogens (tertiary/aromatic N) is 4. The lowest BCUT2D eigenvalue weighted by Gasteiger charge is -2.11. The van der Waals surface area contributed by atoms with E-state index in [0.29, 0.717) is 28.6 Å². The van der Waals surface area contributed by atoms with Gasteiger partial charge in [0.05, 0.1) is 5.69 Å². The van der Waals surface area contributed by atoms with Crippen LogP contribution in [0.15, 0.2) is 65.7 Å². The molecule has 0 bridgehead atoms. The van der Waals surface area contributed by atoms with Crippen LogP contribution in [0.3, 0.4) is 0 Å². The molecule has 4 rings (SSSR count). The van der Waals surface area contributed by atoms with Crippen molar-refractivity contribution in [2.24, 2.45) is 5.92 Å². The molecule has 0 aliphatic heterocycles. The number of nitrogens with one attached hydrogen (secondary N) is 1. The van der Waals surface area contributed by atoms with Gasteiger partial charge in [-0.05, 0) is 42.3 Å². The van der Waals surface area contributed by atoms with Crippen LogP contribution in [0.4, 0.5) is 10.1 Å². The van der Waals surface area contributed by atoms with Crippen molar-refractivity contribution in [2.45, 2.75) is 19.8 Å². The molecule has 1 N–H and O–H groups in total. The number of carbonyl (C=O) groups excluding carboxylic acids is 1. The van der Waals surface area contributed by atoms with Crippen LogP contribution in [0.2, 0.25) is 5.02 Å². The van der Waals surface area contributed by atoms with Crippen LogP contribution in [0, 0.1) is 11.7 Å². The van der Waals surface area contributed by atoms with Gasteiger partial charge in [-0.2, -0.15) is 0 Å². The zero-order valence-corrected chi connectivity index (χ0v) is 17.4. The topological polar surface area (TPSA) is 81.3 Å². The third-order valence-corrected chi connectivity index (χ3v) is 5.04. The van der Waals surface area contributed by atoms with Crippen molar-refractivity contribution in [3.8, 4) is 5.69 Å². The van der Waals surface area contributed by atoms with Crippen LogP contribution < -0.4 is 10.9 Å². The number of fused-ring (bicyclic) bond motifs is 1. The molecule has 7 nitrogen and oxygen atoms in total. The van der Waals surface area contributed by atoms with Crippen molar-refractivity contribution < 1.29 is 9.18 Å². The summed E-state index contributed by atoms with van der Waals surface area (Å²) in [5.41, 5.74) is 0.772. The van der Waals surface area contributed by atoms with Gasteiger partial charge in [0.1, 0.15) is 11.6 Å². The maximum atomic E-state index is 13.5. The number of anilines is 1. The van der Waals surface area contributed by atoms with Crippen molar-refractivity contribution in [3.63, 3.8) is 0 Å². The fourth-order valence-electron chi connectivity index (χ4n) is 3.38. The van der Waals surface area contributed by atoms with Gasteiger partial charge in [-0.3, -0.25) is 18.6 Å². The summed E-state index contributed by atoms with van der Waals surface area (Å²) in [6.07, 6.45) is 3.93. The van der Waals surface area contributed by atoms with Crippen molar-refractivity contribution in [1.29, 1.82) is 0 Å². The summed E-state index contributed by atoms with van der Waals surface area (Å²) < 4.78 is 16.4. The number of halogens is 2. The number of hydrogen-bond acceptors (Lipinski definition) is 4. The number of rotatable bonds is 6. The number of hydrogen-bond donors (Lipinski definition) is 1. The predicted octanol–water partition coefficient (Wildman–Crippen LogP) is 3.88. The standard InChI is InChI=1S/C22H19ClFN5O2/c1-14(11-20(30)25-17-6-2-4-15(23)12-17)10-19-26-27-21-22(31)28(8-9-29(19)21)18-7-3-5-16(24)13-18/h2-9,12-14H,10-11H2,1H3,(H,25,30)/t14-/m0/s1. The molecule has 4 aromatic rings. The van der Waals surface area contributed by atoms with Crippen LogP contribution in [-0.4, -0.2) is 25.1 Å². The molecular formula is C22H19ClFN5O2. The fourth-order valence-corrected chi connectivity index (χ4v) is 3.57. The number of amides is 1. The summed E-state index contributed by atoms with van der Waals surface area (Å²) in [6, 6.07) is 12.7. The number of aromatic nitrogens is 4. The molecule has 0 fully saturated rings. The Morgan fingerprint density at radius 1 is 1.16 bits per heavy atom. The zero-order valence-electron chi connectivity index (χ0n) is 16.6. The van der Waals surface area contributed by atoms with Gasteiger partial charge in [0.25, 0.3) is 0 Å². The van der Waals surface area contributed by atoms with E-state index >= 15 is 0 Å². The molecule has 0 saturated heterocycles. The normalized spacial score (nSPS) is 12.1. The Kier molecular flexibility index (Phi) is 5.81. The fraction of sp³-hybridized carbons (Fsp3) is 0.182. The summed E-state index contributed by atoms with van der Waals surface area (Å²) >= 11 is 5.94. The third kappa shape index (κ3) is 4.64. The van der Waals surface area contributed by atoms with E-state index < -0.39 is 11.4 Å². The Hall–Kier alpha value is -3.52. The first kappa shape index (κ1) is 20.7. The molecule has 0 aliphatic carbocycles. The monoisotopic (exact) mass is 439 g/mol. The maximum absolute atomic E-state index is 13.5. The zero-order chi connectivity index (χ0) is 22.0. The van der Waals surface area contributed by atoms with Crippen molar-refractivity contribution in [3.05, 3.63) is 87.9 Å². The Bertz CT molecular complexity index is 1320. The molecule has 9 heteroatoms. The quantitative estimate of drug-likeness (QED) is 0.494. The van der Waals surface area contributed by atoms with E-state index in [4.69, 9.17) is 11.6 Å². The molecule has 1 amide bonds. The number of carbonyl (C=O) groups is 1. The smallest absolute Gasteiger partial charge is 0.300 e. The average molecular weight is 440 g/mol. The van der Waals surface area contributed by atoms with Crippen molar-refractivity contribution >= 4 is 28.8 Å². The van der Waals surface area contributed by atoms with Crippen LogP contribution in [-0.2, 0) is 11.2 Å². The Labute approximate surface area is 182 Å². The first-order chi connectivity index (χ1) is 14.9. The van der Waals surface area contributed by atoms with Gasteiger partial charge in [0, 0.05) is 35.9 Å². The maximum Gasteiger partial charge on any atom is 0.300 e. The summed E-state index contributed by atoms with van der Waals surface area (Å²) in [4.78, 5) is 25.1. The van der Waals surface area contributed by atoms with E-state index in [1.807, 2.05) is 6.92 Å². The molecule has 31 heavy (non-hydrogen) atoms. The minimum atomic E-state index is -0.434. The molecule has 0 aliphatic rings. The highest BCUT2D eigenvalue weighted by molar-refractivity contribution is 6.30. The first-order valence-corrected chi connectivity index (χ1v) is 10.0. The molecular weight excluding hydrogens is 421 g/mol. The minimum absolute atomic E-state index is 0.0442. The average Bonchev–Trinajstić information content (AvgIpc) is 3.11. The van der Waals surface area contributed by atoms with Gasteiger partial charge in [0.2, 0.25) is 11.6 Å². The van der Waals surface area contributed by atoms with Gasteiger partial charge in [-0.25, -0.2) is 4.39 Å². The molecule has 2 heterocycles. The Balaban J connectivity index is 1.49. The van der Waals surface area contributed by atoms with Crippen LogP contribution >= 0.6 is 11.6 Å². The highest BCUT2D eigenvalue weighted by atomic mass is 35.5. The lowest BCUT2D eigenvalue weighted by Crippen LogP contribution is -2.21. The van der Waals surface area contributed by atoms with Crippen LogP contribution in [0.1, 0.15) is 19.2 Å². The molecule has 2 aromatic carbocycles. The summed E-state index contributed by atoms with van der Waals surface area (Å²) in [7, 11) is 0. The number of benzene rings is 2. The van der Waals surface area contributed by atoms with E-state index in [-0.39, 0.29) is 23.9 Å². The van der Waals surface area contributed by atoms with Crippen LogP contribution in [0.5, 0.6) is 0 Å². The first-order valence-electron chi connectivity index (χ1n) is 9.67. The lowest BCUT2D eigenvalue weighted by molar-refractivity contribution is -0.116. The molecule has 0 radical (unpaired) electrons.